The maximum absolute atomic E-state index is 13.9. The topological polar surface area (TPSA) is 33.5 Å². The van der Waals surface area contributed by atoms with Crippen molar-refractivity contribution in [1.82, 2.24) is 0 Å². The molecule has 1 aliphatic rings. The van der Waals surface area contributed by atoms with E-state index >= 15 is 0 Å². The van der Waals surface area contributed by atoms with Crippen LogP contribution < -0.4 is 4.90 Å². The molecule has 0 N–H and O–H groups in total. The fourth-order valence-corrected chi connectivity index (χ4v) is 3.49. The molecular formula is C17H12FNO2S2. The number of thiocarbonyl (C=S) groups is 1. The lowest BCUT2D eigenvalue weighted by atomic mass is 10.2. The summed E-state index contributed by atoms with van der Waals surface area (Å²) in [4.78, 5) is 14.2. The summed E-state index contributed by atoms with van der Waals surface area (Å²) in [6.45, 7) is 1.86. The Morgan fingerprint density at radius 2 is 2.09 bits per heavy atom. The molecular weight excluding hydrogens is 333 g/mol. The van der Waals surface area contributed by atoms with E-state index in [9.17, 15) is 9.18 Å². The maximum atomic E-state index is 13.9. The van der Waals surface area contributed by atoms with E-state index in [0.717, 1.165) is 17.3 Å². The zero-order chi connectivity index (χ0) is 16.4. The molecule has 1 aliphatic heterocycles. The second-order valence-corrected chi connectivity index (χ2v) is 6.55. The number of furan rings is 1. The number of thioether (sulfide) groups is 1. The van der Waals surface area contributed by atoms with Gasteiger partial charge in [0.05, 0.1) is 16.9 Å². The summed E-state index contributed by atoms with van der Waals surface area (Å²) in [6, 6.07) is 9.69. The molecule has 1 aromatic heterocycles. The first-order chi connectivity index (χ1) is 11.1. The van der Waals surface area contributed by atoms with Crippen molar-refractivity contribution in [2.45, 2.75) is 6.92 Å². The third kappa shape index (κ3) is 3.28. The van der Waals surface area contributed by atoms with Gasteiger partial charge in [0.1, 0.15) is 11.6 Å². The van der Waals surface area contributed by atoms with Crippen LogP contribution in [0.4, 0.5) is 10.1 Å². The molecule has 1 amide bonds. The average Bonchev–Trinajstić information content (AvgIpc) is 3.10. The lowest BCUT2D eigenvalue weighted by Crippen LogP contribution is -2.28. The van der Waals surface area contributed by atoms with E-state index in [1.54, 1.807) is 30.5 Å². The molecule has 0 aliphatic carbocycles. The molecule has 1 aromatic carbocycles. The largest absolute Gasteiger partial charge is 0.465 e. The fraction of sp³-hybridized carbons (Fsp3) is 0.0588. The molecule has 2 heterocycles. The molecule has 0 atom stereocenters. The Hall–Kier alpha value is -2.18. The van der Waals surface area contributed by atoms with Gasteiger partial charge in [0, 0.05) is 0 Å². The van der Waals surface area contributed by atoms with Gasteiger partial charge in [0.25, 0.3) is 5.91 Å². The monoisotopic (exact) mass is 345 g/mol. The quantitative estimate of drug-likeness (QED) is 0.593. The van der Waals surface area contributed by atoms with Gasteiger partial charge in [-0.05, 0) is 48.9 Å². The van der Waals surface area contributed by atoms with Crippen LogP contribution in [0.5, 0.6) is 0 Å². The summed E-state index contributed by atoms with van der Waals surface area (Å²) >= 11 is 6.38. The van der Waals surface area contributed by atoms with Gasteiger partial charge in [-0.2, -0.15) is 0 Å². The first kappa shape index (κ1) is 15.7. The number of carbonyl (C=O) groups is 1. The minimum atomic E-state index is -0.479. The SMILES string of the molecule is CC(=C\c1ccco1)/C=C1/SC(=S)N(c2ccccc2F)C1=O. The number of nitrogens with zero attached hydrogens (tertiary/aromatic N) is 1. The number of allylic oxidation sites excluding steroid dienone is 2. The molecule has 116 valence electrons. The minimum Gasteiger partial charge on any atom is -0.465 e. The van der Waals surface area contributed by atoms with Gasteiger partial charge >= 0.3 is 0 Å². The summed E-state index contributed by atoms with van der Waals surface area (Å²) in [5.41, 5.74) is 1.01. The molecule has 0 spiro atoms. The molecule has 0 bridgehead atoms. The number of hydrogen-bond donors (Lipinski definition) is 0. The molecule has 23 heavy (non-hydrogen) atoms. The summed E-state index contributed by atoms with van der Waals surface area (Å²) in [5, 5.41) is 0. The van der Waals surface area contributed by atoms with Crippen molar-refractivity contribution in [2.24, 2.45) is 0 Å². The van der Waals surface area contributed by atoms with E-state index < -0.39 is 5.82 Å². The van der Waals surface area contributed by atoms with Crippen molar-refractivity contribution in [1.29, 1.82) is 0 Å². The number of anilines is 1. The van der Waals surface area contributed by atoms with Gasteiger partial charge in [-0.15, -0.1) is 0 Å². The Kier molecular flexibility index (Phi) is 4.45. The molecule has 2 aromatic rings. The zero-order valence-electron chi connectivity index (χ0n) is 12.2. The first-order valence-electron chi connectivity index (χ1n) is 6.80. The van der Waals surface area contributed by atoms with Crippen LogP contribution in [0.25, 0.3) is 6.08 Å². The van der Waals surface area contributed by atoms with E-state index in [2.05, 4.69) is 0 Å². The summed E-state index contributed by atoms with van der Waals surface area (Å²) in [6.07, 6.45) is 5.12. The van der Waals surface area contributed by atoms with Crippen molar-refractivity contribution in [3.63, 3.8) is 0 Å². The highest BCUT2D eigenvalue weighted by atomic mass is 32.2. The predicted molar refractivity (Wildman–Crippen MR) is 94.5 cm³/mol. The van der Waals surface area contributed by atoms with E-state index in [1.165, 1.54) is 17.0 Å². The van der Waals surface area contributed by atoms with Crippen molar-refractivity contribution in [3.8, 4) is 0 Å². The van der Waals surface area contributed by atoms with E-state index in [4.69, 9.17) is 16.6 Å². The Morgan fingerprint density at radius 3 is 2.78 bits per heavy atom. The Bertz CT molecular complexity index is 825. The Morgan fingerprint density at radius 1 is 1.30 bits per heavy atom. The molecule has 1 fully saturated rings. The van der Waals surface area contributed by atoms with Crippen LogP contribution in [-0.2, 0) is 4.79 Å². The van der Waals surface area contributed by atoms with Gasteiger partial charge in [-0.25, -0.2) is 4.39 Å². The molecule has 3 nitrogen and oxygen atoms in total. The van der Waals surface area contributed by atoms with Crippen molar-refractivity contribution in [3.05, 3.63) is 70.8 Å². The summed E-state index contributed by atoms with van der Waals surface area (Å²) < 4.78 is 19.5. The number of benzene rings is 1. The average molecular weight is 345 g/mol. The molecule has 0 saturated carbocycles. The van der Waals surface area contributed by atoms with E-state index in [-0.39, 0.29) is 11.6 Å². The van der Waals surface area contributed by atoms with Crippen LogP contribution in [-0.4, -0.2) is 10.2 Å². The second kappa shape index (κ2) is 6.52. The number of hydrogen-bond acceptors (Lipinski definition) is 4. The molecule has 6 heteroatoms. The Labute approximate surface area is 142 Å². The third-order valence-corrected chi connectivity index (χ3v) is 4.46. The molecule has 0 unspecified atom stereocenters. The van der Waals surface area contributed by atoms with Crippen molar-refractivity contribution >= 4 is 46.0 Å². The Balaban J connectivity index is 1.90. The van der Waals surface area contributed by atoms with Gasteiger partial charge in [-0.3, -0.25) is 9.69 Å². The smallest absolute Gasteiger partial charge is 0.270 e. The van der Waals surface area contributed by atoms with Gasteiger partial charge in [-0.1, -0.05) is 36.1 Å². The first-order valence-corrected chi connectivity index (χ1v) is 8.03. The normalized spacial score (nSPS) is 17.4. The lowest BCUT2D eigenvalue weighted by Gasteiger charge is -2.14. The van der Waals surface area contributed by atoms with Crippen LogP contribution in [0.2, 0.25) is 0 Å². The maximum Gasteiger partial charge on any atom is 0.270 e. The standard InChI is InChI=1S/C17H12FNO2S2/c1-11(9-12-5-4-8-21-12)10-15-16(20)19(17(22)23-15)14-7-3-2-6-13(14)18/h2-10H,1H3/b11-9+,15-10+. The van der Waals surface area contributed by atoms with Crippen LogP contribution in [0.15, 0.2) is 63.6 Å². The van der Waals surface area contributed by atoms with Crippen molar-refractivity contribution < 1.29 is 13.6 Å². The van der Waals surface area contributed by atoms with Gasteiger partial charge in [0.2, 0.25) is 0 Å². The van der Waals surface area contributed by atoms with Crippen LogP contribution in [0.3, 0.4) is 0 Å². The second-order valence-electron chi connectivity index (χ2n) is 4.87. The highest BCUT2D eigenvalue weighted by Gasteiger charge is 2.34. The minimum absolute atomic E-state index is 0.172. The highest BCUT2D eigenvalue weighted by molar-refractivity contribution is 8.27. The summed E-state index contributed by atoms with van der Waals surface area (Å²) in [7, 11) is 0. The number of para-hydroxylation sites is 1. The van der Waals surface area contributed by atoms with E-state index in [1.807, 2.05) is 19.1 Å². The van der Waals surface area contributed by atoms with Crippen LogP contribution in [0.1, 0.15) is 12.7 Å². The van der Waals surface area contributed by atoms with Crippen molar-refractivity contribution in [2.75, 3.05) is 4.90 Å². The molecule has 0 radical (unpaired) electrons. The van der Waals surface area contributed by atoms with Gasteiger partial charge < -0.3 is 4.42 Å². The summed E-state index contributed by atoms with van der Waals surface area (Å²) in [5.74, 6) is -0.103. The number of halogens is 1. The number of carbonyl (C=O) groups excluding carboxylic acids is 1. The number of amides is 1. The van der Waals surface area contributed by atoms with E-state index in [0.29, 0.717) is 15.0 Å². The number of rotatable bonds is 3. The molecule has 1 saturated heterocycles. The molecule has 3 rings (SSSR count). The predicted octanol–water partition coefficient (Wildman–Crippen LogP) is 4.77. The fourth-order valence-electron chi connectivity index (χ4n) is 2.15. The zero-order valence-corrected chi connectivity index (χ0v) is 13.8. The van der Waals surface area contributed by atoms with Crippen LogP contribution in [0, 0.1) is 5.82 Å². The lowest BCUT2D eigenvalue weighted by molar-refractivity contribution is -0.113. The highest BCUT2D eigenvalue weighted by Crippen LogP contribution is 2.36. The third-order valence-electron chi connectivity index (χ3n) is 3.16. The van der Waals surface area contributed by atoms with Gasteiger partial charge in [0.15, 0.2) is 4.32 Å². The van der Waals surface area contributed by atoms with Crippen LogP contribution >= 0.6 is 24.0 Å².